The summed E-state index contributed by atoms with van der Waals surface area (Å²) < 4.78 is 0.938. The van der Waals surface area contributed by atoms with Gasteiger partial charge in [0, 0.05) is 27.3 Å². The third kappa shape index (κ3) is 2.12. The first-order chi connectivity index (χ1) is 10.6. The SMILES string of the molecule is O=C(c1sc2cc(Cl)ccc2c1Cl)N1CCc2ccccc21. The standard InChI is InChI=1S/C17H11Cl2NOS/c18-11-5-6-12-14(9-11)22-16(15(12)19)17(21)20-8-7-10-3-1-2-4-13(10)20/h1-6,9H,7-8H2. The Bertz CT molecular complexity index is 903. The molecule has 0 atom stereocenters. The summed E-state index contributed by atoms with van der Waals surface area (Å²) in [5.41, 5.74) is 2.19. The van der Waals surface area contributed by atoms with E-state index in [-0.39, 0.29) is 5.91 Å². The Balaban J connectivity index is 1.80. The third-order valence-electron chi connectivity index (χ3n) is 3.92. The molecule has 3 aromatic rings. The van der Waals surface area contributed by atoms with Crippen molar-refractivity contribution >= 4 is 56.2 Å². The van der Waals surface area contributed by atoms with E-state index in [1.165, 1.54) is 16.9 Å². The highest BCUT2D eigenvalue weighted by Crippen LogP contribution is 2.39. The maximum Gasteiger partial charge on any atom is 0.269 e. The smallest absolute Gasteiger partial charge is 0.269 e. The number of hydrogen-bond acceptors (Lipinski definition) is 2. The average Bonchev–Trinajstić information content (AvgIpc) is 3.08. The Morgan fingerprint density at radius 2 is 1.95 bits per heavy atom. The van der Waals surface area contributed by atoms with Crippen molar-refractivity contribution in [3.63, 3.8) is 0 Å². The minimum atomic E-state index is -0.0349. The minimum absolute atomic E-state index is 0.0349. The summed E-state index contributed by atoms with van der Waals surface area (Å²) in [5, 5.41) is 2.05. The first kappa shape index (κ1) is 14.1. The Labute approximate surface area is 141 Å². The molecule has 1 aliphatic heterocycles. The zero-order chi connectivity index (χ0) is 15.3. The molecule has 2 heterocycles. The second kappa shape index (κ2) is 5.27. The van der Waals surface area contributed by atoms with Gasteiger partial charge in [-0.15, -0.1) is 11.3 Å². The number of carbonyl (C=O) groups excluding carboxylic acids is 1. The van der Waals surface area contributed by atoms with E-state index >= 15 is 0 Å². The second-order valence-electron chi connectivity index (χ2n) is 5.22. The first-order valence-corrected chi connectivity index (χ1v) is 8.50. The van der Waals surface area contributed by atoms with Gasteiger partial charge in [0.25, 0.3) is 5.91 Å². The van der Waals surface area contributed by atoms with Gasteiger partial charge in [-0.25, -0.2) is 0 Å². The lowest BCUT2D eigenvalue weighted by atomic mass is 10.2. The molecule has 0 N–H and O–H groups in total. The van der Waals surface area contributed by atoms with Crippen LogP contribution in [0, 0.1) is 0 Å². The van der Waals surface area contributed by atoms with Gasteiger partial charge in [0.2, 0.25) is 0 Å². The number of carbonyl (C=O) groups is 1. The van der Waals surface area contributed by atoms with E-state index in [1.807, 2.05) is 35.2 Å². The summed E-state index contributed by atoms with van der Waals surface area (Å²) in [5.74, 6) is -0.0349. The molecule has 0 radical (unpaired) electrons. The van der Waals surface area contributed by atoms with Crippen LogP contribution in [-0.4, -0.2) is 12.5 Å². The number of para-hydroxylation sites is 1. The van der Waals surface area contributed by atoms with Gasteiger partial charge in [0.05, 0.1) is 5.02 Å². The van der Waals surface area contributed by atoms with Crippen LogP contribution >= 0.6 is 34.5 Å². The van der Waals surface area contributed by atoms with Crippen LogP contribution in [0.4, 0.5) is 5.69 Å². The first-order valence-electron chi connectivity index (χ1n) is 6.92. The van der Waals surface area contributed by atoms with Crippen molar-refractivity contribution < 1.29 is 4.79 Å². The van der Waals surface area contributed by atoms with Gasteiger partial charge in [-0.2, -0.15) is 0 Å². The second-order valence-corrected chi connectivity index (χ2v) is 7.09. The highest BCUT2D eigenvalue weighted by molar-refractivity contribution is 7.21. The van der Waals surface area contributed by atoms with Gasteiger partial charge in [0.15, 0.2) is 0 Å². The molecule has 22 heavy (non-hydrogen) atoms. The fourth-order valence-electron chi connectivity index (χ4n) is 2.85. The molecule has 1 aromatic heterocycles. The maximum atomic E-state index is 12.9. The van der Waals surface area contributed by atoms with E-state index in [2.05, 4.69) is 6.07 Å². The number of halogens is 2. The van der Waals surface area contributed by atoms with Crippen LogP contribution in [-0.2, 0) is 6.42 Å². The lowest BCUT2D eigenvalue weighted by molar-refractivity contribution is 0.0993. The van der Waals surface area contributed by atoms with Crippen molar-refractivity contribution in [1.82, 2.24) is 0 Å². The molecule has 0 fully saturated rings. The van der Waals surface area contributed by atoms with Crippen molar-refractivity contribution in [2.24, 2.45) is 0 Å². The van der Waals surface area contributed by atoms with Crippen LogP contribution in [0.3, 0.4) is 0 Å². The van der Waals surface area contributed by atoms with Crippen molar-refractivity contribution in [2.75, 3.05) is 11.4 Å². The topological polar surface area (TPSA) is 20.3 Å². The van der Waals surface area contributed by atoms with Crippen LogP contribution in [0.15, 0.2) is 42.5 Å². The van der Waals surface area contributed by atoms with Gasteiger partial charge in [-0.05, 0) is 30.2 Å². The number of fused-ring (bicyclic) bond motifs is 2. The Morgan fingerprint density at radius 1 is 1.14 bits per heavy atom. The van der Waals surface area contributed by atoms with E-state index in [1.54, 1.807) is 6.07 Å². The molecule has 2 aromatic carbocycles. The summed E-state index contributed by atoms with van der Waals surface area (Å²) in [6.07, 6.45) is 0.885. The average molecular weight is 348 g/mol. The normalized spacial score (nSPS) is 13.6. The summed E-state index contributed by atoms with van der Waals surface area (Å²) in [4.78, 5) is 15.3. The number of nitrogens with zero attached hydrogens (tertiary/aromatic N) is 1. The molecule has 1 amide bonds. The molecule has 0 bridgehead atoms. The molecule has 5 heteroatoms. The van der Waals surface area contributed by atoms with E-state index in [0.717, 1.165) is 22.2 Å². The van der Waals surface area contributed by atoms with Gasteiger partial charge in [-0.1, -0.05) is 47.5 Å². The largest absolute Gasteiger partial charge is 0.307 e. The van der Waals surface area contributed by atoms with Crippen LogP contribution in [0.2, 0.25) is 10.0 Å². The lowest BCUT2D eigenvalue weighted by Crippen LogP contribution is -2.28. The Morgan fingerprint density at radius 3 is 2.82 bits per heavy atom. The fourth-order valence-corrected chi connectivity index (χ4v) is 4.59. The van der Waals surface area contributed by atoms with Gasteiger partial charge < -0.3 is 4.90 Å². The quantitative estimate of drug-likeness (QED) is 0.576. The predicted molar refractivity (Wildman–Crippen MR) is 93.7 cm³/mol. The van der Waals surface area contributed by atoms with Crippen molar-refractivity contribution in [3.8, 4) is 0 Å². The van der Waals surface area contributed by atoms with E-state index in [4.69, 9.17) is 23.2 Å². The Kier molecular flexibility index (Phi) is 3.37. The number of hydrogen-bond donors (Lipinski definition) is 0. The number of benzene rings is 2. The fraction of sp³-hybridized carbons (Fsp3) is 0.118. The predicted octanol–water partition coefficient (Wildman–Crippen LogP) is 5.41. The molecule has 2 nitrogen and oxygen atoms in total. The van der Waals surface area contributed by atoms with Crippen LogP contribution in [0.5, 0.6) is 0 Å². The zero-order valence-electron chi connectivity index (χ0n) is 11.5. The van der Waals surface area contributed by atoms with Crippen molar-refractivity contribution in [2.45, 2.75) is 6.42 Å². The van der Waals surface area contributed by atoms with E-state index in [9.17, 15) is 4.79 Å². The van der Waals surface area contributed by atoms with Crippen LogP contribution in [0.25, 0.3) is 10.1 Å². The maximum absolute atomic E-state index is 12.9. The van der Waals surface area contributed by atoms with Gasteiger partial charge in [-0.3, -0.25) is 4.79 Å². The van der Waals surface area contributed by atoms with Crippen molar-refractivity contribution in [1.29, 1.82) is 0 Å². The number of anilines is 1. The summed E-state index contributed by atoms with van der Waals surface area (Å²) in [6.45, 7) is 0.698. The monoisotopic (exact) mass is 347 g/mol. The summed E-state index contributed by atoms with van der Waals surface area (Å²) >= 11 is 13.9. The van der Waals surface area contributed by atoms with E-state index in [0.29, 0.717) is 21.5 Å². The minimum Gasteiger partial charge on any atom is -0.307 e. The van der Waals surface area contributed by atoms with Crippen LogP contribution < -0.4 is 4.90 Å². The van der Waals surface area contributed by atoms with Gasteiger partial charge >= 0.3 is 0 Å². The molecule has 4 rings (SSSR count). The molecular weight excluding hydrogens is 337 g/mol. The van der Waals surface area contributed by atoms with Gasteiger partial charge in [0.1, 0.15) is 4.88 Å². The molecular formula is C17H11Cl2NOS. The third-order valence-corrected chi connectivity index (χ3v) is 5.80. The zero-order valence-corrected chi connectivity index (χ0v) is 13.8. The molecule has 1 aliphatic rings. The highest BCUT2D eigenvalue weighted by atomic mass is 35.5. The highest BCUT2D eigenvalue weighted by Gasteiger charge is 2.28. The van der Waals surface area contributed by atoms with Crippen LogP contribution in [0.1, 0.15) is 15.2 Å². The molecule has 110 valence electrons. The molecule has 0 spiro atoms. The summed E-state index contributed by atoms with van der Waals surface area (Å²) in [7, 11) is 0. The number of amides is 1. The lowest BCUT2D eigenvalue weighted by Gasteiger charge is -2.16. The number of thiophene rings is 1. The molecule has 0 saturated heterocycles. The molecule has 0 aliphatic carbocycles. The van der Waals surface area contributed by atoms with Crippen molar-refractivity contribution in [3.05, 3.63) is 63.0 Å². The summed E-state index contributed by atoms with van der Waals surface area (Å²) in [6, 6.07) is 13.5. The number of rotatable bonds is 1. The molecule has 0 saturated carbocycles. The Hall–Kier alpha value is -1.55. The molecule has 0 unspecified atom stereocenters. The van der Waals surface area contributed by atoms with E-state index < -0.39 is 0 Å².